The highest BCUT2D eigenvalue weighted by molar-refractivity contribution is 9.10. The van der Waals surface area contributed by atoms with Gasteiger partial charge in [0.05, 0.1) is 12.6 Å². The van der Waals surface area contributed by atoms with Crippen molar-refractivity contribution in [3.8, 4) is 0 Å². The standard InChI is InChI=1S/C14H15BrN2O3/c1-8(18)17-12(14(19)20-2)6-9-7-16-13-10(9)4-3-5-11(13)15/h3-5,7,12,16H,6H2,1-2H3,(H,17,18)/t12-/m0/s1. The van der Waals surface area contributed by atoms with E-state index in [0.717, 1.165) is 20.9 Å². The fraction of sp³-hybridized carbons (Fsp3) is 0.286. The number of carbonyl (C=O) groups is 2. The zero-order valence-corrected chi connectivity index (χ0v) is 12.8. The van der Waals surface area contributed by atoms with Crippen molar-refractivity contribution in [3.05, 3.63) is 34.4 Å². The third kappa shape index (κ3) is 3.01. The van der Waals surface area contributed by atoms with Crippen LogP contribution in [0.15, 0.2) is 28.9 Å². The summed E-state index contributed by atoms with van der Waals surface area (Å²) in [4.78, 5) is 26.1. The molecule has 2 N–H and O–H groups in total. The van der Waals surface area contributed by atoms with Gasteiger partial charge in [-0.1, -0.05) is 12.1 Å². The summed E-state index contributed by atoms with van der Waals surface area (Å²) in [5, 5.41) is 3.62. The van der Waals surface area contributed by atoms with Crippen LogP contribution in [0.4, 0.5) is 0 Å². The molecule has 0 aliphatic heterocycles. The Morgan fingerprint density at radius 3 is 2.85 bits per heavy atom. The first-order valence-corrected chi connectivity index (χ1v) is 6.91. The van der Waals surface area contributed by atoms with E-state index < -0.39 is 12.0 Å². The van der Waals surface area contributed by atoms with Crippen molar-refractivity contribution in [2.24, 2.45) is 0 Å². The van der Waals surface area contributed by atoms with E-state index in [1.165, 1.54) is 14.0 Å². The van der Waals surface area contributed by atoms with E-state index in [1.54, 1.807) is 0 Å². The minimum absolute atomic E-state index is 0.263. The number of halogens is 1. The fourth-order valence-electron chi connectivity index (χ4n) is 2.15. The third-order valence-electron chi connectivity index (χ3n) is 3.04. The van der Waals surface area contributed by atoms with E-state index in [-0.39, 0.29) is 5.91 Å². The number of hydrogen-bond donors (Lipinski definition) is 2. The normalized spacial score (nSPS) is 12.2. The molecule has 1 aromatic carbocycles. The number of aromatic nitrogens is 1. The molecule has 5 nitrogen and oxygen atoms in total. The summed E-state index contributed by atoms with van der Waals surface area (Å²) in [6.07, 6.45) is 2.22. The Labute approximate surface area is 124 Å². The second-order valence-electron chi connectivity index (χ2n) is 4.46. The molecule has 20 heavy (non-hydrogen) atoms. The predicted octanol–water partition coefficient (Wildman–Crippen LogP) is 2.15. The summed E-state index contributed by atoms with van der Waals surface area (Å²) in [6, 6.07) is 5.15. The van der Waals surface area contributed by atoms with Crippen LogP contribution in [0.1, 0.15) is 12.5 Å². The van der Waals surface area contributed by atoms with E-state index in [0.29, 0.717) is 6.42 Å². The maximum atomic E-state index is 11.7. The number of para-hydroxylation sites is 1. The summed E-state index contributed by atoms with van der Waals surface area (Å²) < 4.78 is 5.68. The molecule has 0 aliphatic rings. The highest BCUT2D eigenvalue weighted by Gasteiger charge is 2.22. The number of esters is 1. The predicted molar refractivity (Wildman–Crippen MR) is 79.3 cm³/mol. The van der Waals surface area contributed by atoms with Gasteiger partial charge < -0.3 is 15.0 Å². The van der Waals surface area contributed by atoms with Crippen molar-refractivity contribution < 1.29 is 14.3 Å². The van der Waals surface area contributed by atoms with Crippen molar-refractivity contribution in [2.75, 3.05) is 7.11 Å². The molecule has 1 aromatic heterocycles. The summed E-state index contributed by atoms with van der Waals surface area (Å²) in [6.45, 7) is 1.38. The third-order valence-corrected chi connectivity index (χ3v) is 3.70. The molecular formula is C14H15BrN2O3. The second kappa shape index (κ2) is 6.09. The molecule has 2 rings (SSSR count). The Bertz CT molecular complexity index is 651. The van der Waals surface area contributed by atoms with E-state index in [4.69, 9.17) is 4.74 Å². The molecule has 0 aliphatic carbocycles. The molecule has 106 valence electrons. The fourth-order valence-corrected chi connectivity index (χ4v) is 2.63. The number of nitrogens with one attached hydrogen (secondary N) is 2. The lowest BCUT2D eigenvalue weighted by Gasteiger charge is -2.14. The number of aromatic amines is 1. The molecule has 0 saturated heterocycles. The van der Waals surface area contributed by atoms with Crippen LogP contribution in [0.25, 0.3) is 10.9 Å². The highest BCUT2D eigenvalue weighted by Crippen LogP contribution is 2.26. The number of methoxy groups -OCH3 is 1. The number of ether oxygens (including phenoxy) is 1. The molecule has 0 fully saturated rings. The van der Waals surface area contributed by atoms with Gasteiger partial charge in [0.2, 0.25) is 5.91 Å². The SMILES string of the molecule is COC(=O)[C@H](Cc1c[nH]c2c(Br)cccc12)NC(C)=O. The van der Waals surface area contributed by atoms with Gasteiger partial charge in [-0.25, -0.2) is 4.79 Å². The van der Waals surface area contributed by atoms with Crippen molar-refractivity contribution in [1.29, 1.82) is 0 Å². The van der Waals surface area contributed by atoms with Gasteiger partial charge >= 0.3 is 5.97 Å². The summed E-state index contributed by atoms with van der Waals surface area (Å²) in [5.41, 5.74) is 1.92. The monoisotopic (exact) mass is 338 g/mol. The first-order valence-electron chi connectivity index (χ1n) is 6.12. The van der Waals surface area contributed by atoms with E-state index in [9.17, 15) is 9.59 Å². The number of amides is 1. The van der Waals surface area contributed by atoms with Gasteiger partial charge in [0, 0.05) is 29.4 Å². The number of hydrogen-bond acceptors (Lipinski definition) is 3. The zero-order chi connectivity index (χ0) is 14.7. The summed E-state index contributed by atoms with van der Waals surface area (Å²) in [5.74, 6) is -0.717. The Hall–Kier alpha value is -1.82. The van der Waals surface area contributed by atoms with Crippen molar-refractivity contribution in [2.45, 2.75) is 19.4 Å². The number of carbonyl (C=O) groups excluding carboxylic acids is 2. The smallest absolute Gasteiger partial charge is 0.328 e. The highest BCUT2D eigenvalue weighted by atomic mass is 79.9. The molecular weight excluding hydrogens is 324 g/mol. The van der Waals surface area contributed by atoms with Crippen LogP contribution in [0, 0.1) is 0 Å². The molecule has 2 aromatic rings. The average Bonchev–Trinajstić information content (AvgIpc) is 2.81. The molecule has 1 amide bonds. The van der Waals surface area contributed by atoms with Crippen LogP contribution in [-0.4, -0.2) is 30.0 Å². The maximum absolute atomic E-state index is 11.7. The summed E-state index contributed by atoms with van der Waals surface area (Å²) >= 11 is 3.47. The lowest BCUT2D eigenvalue weighted by atomic mass is 10.0. The first kappa shape index (κ1) is 14.6. The Balaban J connectivity index is 2.31. The molecule has 0 unspecified atom stereocenters. The summed E-state index contributed by atoms with van der Waals surface area (Å²) in [7, 11) is 1.31. The number of rotatable bonds is 4. The zero-order valence-electron chi connectivity index (χ0n) is 11.2. The molecule has 0 spiro atoms. The van der Waals surface area contributed by atoms with Crippen molar-refractivity contribution in [3.63, 3.8) is 0 Å². The average molecular weight is 339 g/mol. The lowest BCUT2D eigenvalue weighted by molar-refractivity contribution is -0.144. The maximum Gasteiger partial charge on any atom is 0.328 e. The van der Waals surface area contributed by atoms with Gasteiger partial charge in [0.15, 0.2) is 0 Å². The number of H-pyrrole nitrogens is 1. The Morgan fingerprint density at radius 1 is 1.45 bits per heavy atom. The van der Waals surface area contributed by atoms with Gasteiger partial charge in [-0.05, 0) is 27.6 Å². The van der Waals surface area contributed by atoms with Crippen LogP contribution >= 0.6 is 15.9 Å². The van der Waals surface area contributed by atoms with Gasteiger partial charge in [0.25, 0.3) is 0 Å². The molecule has 0 radical (unpaired) electrons. The topological polar surface area (TPSA) is 71.2 Å². The van der Waals surface area contributed by atoms with Crippen LogP contribution in [-0.2, 0) is 20.7 Å². The van der Waals surface area contributed by atoms with Crippen molar-refractivity contribution in [1.82, 2.24) is 10.3 Å². The van der Waals surface area contributed by atoms with E-state index >= 15 is 0 Å². The van der Waals surface area contributed by atoms with Gasteiger partial charge in [-0.2, -0.15) is 0 Å². The lowest BCUT2D eigenvalue weighted by Crippen LogP contribution is -2.41. The molecule has 1 heterocycles. The Kier molecular flexibility index (Phi) is 4.44. The second-order valence-corrected chi connectivity index (χ2v) is 5.31. The van der Waals surface area contributed by atoms with Gasteiger partial charge in [0.1, 0.15) is 6.04 Å². The largest absolute Gasteiger partial charge is 0.467 e. The molecule has 0 saturated carbocycles. The number of benzene rings is 1. The van der Waals surface area contributed by atoms with E-state index in [1.807, 2.05) is 24.4 Å². The van der Waals surface area contributed by atoms with Crippen molar-refractivity contribution >= 4 is 38.7 Å². The molecule has 1 atom stereocenters. The number of fused-ring (bicyclic) bond motifs is 1. The van der Waals surface area contributed by atoms with Gasteiger partial charge in [-0.3, -0.25) is 4.79 Å². The minimum atomic E-state index is -0.685. The van der Waals surface area contributed by atoms with E-state index in [2.05, 4.69) is 26.2 Å². The van der Waals surface area contributed by atoms with Crippen LogP contribution in [0.5, 0.6) is 0 Å². The van der Waals surface area contributed by atoms with Crippen LogP contribution in [0.3, 0.4) is 0 Å². The quantitative estimate of drug-likeness (QED) is 0.839. The molecule has 0 bridgehead atoms. The van der Waals surface area contributed by atoms with Crippen LogP contribution < -0.4 is 5.32 Å². The molecule has 6 heteroatoms. The Morgan fingerprint density at radius 2 is 2.20 bits per heavy atom. The van der Waals surface area contributed by atoms with Crippen LogP contribution in [0.2, 0.25) is 0 Å². The first-order chi connectivity index (χ1) is 9.52. The minimum Gasteiger partial charge on any atom is -0.467 e. The van der Waals surface area contributed by atoms with Gasteiger partial charge in [-0.15, -0.1) is 0 Å².